The second kappa shape index (κ2) is 5.45. The fourth-order valence-electron chi connectivity index (χ4n) is 1.40. The zero-order valence-corrected chi connectivity index (χ0v) is 11.5. The number of thioether (sulfide) groups is 1. The zero-order valence-electron chi connectivity index (χ0n) is 10.7. The van der Waals surface area contributed by atoms with Gasteiger partial charge in [0.1, 0.15) is 0 Å². The first-order valence-corrected chi connectivity index (χ1v) is 6.71. The summed E-state index contributed by atoms with van der Waals surface area (Å²) in [5.41, 5.74) is 2.11. The monoisotopic (exact) mass is 253 g/mol. The molecule has 0 saturated carbocycles. The van der Waals surface area contributed by atoms with E-state index in [1.807, 2.05) is 19.1 Å². The van der Waals surface area contributed by atoms with Crippen molar-refractivity contribution in [2.45, 2.75) is 25.5 Å². The quantitative estimate of drug-likeness (QED) is 0.845. The van der Waals surface area contributed by atoms with E-state index in [1.165, 1.54) is 0 Å². The van der Waals surface area contributed by atoms with Gasteiger partial charge in [0.25, 0.3) is 0 Å². The molecule has 0 spiro atoms. The Hall–Kier alpha value is -1.16. The topological polar surface area (TPSA) is 49.3 Å². The summed E-state index contributed by atoms with van der Waals surface area (Å²) in [6.07, 6.45) is 2.08. The molecule has 0 radical (unpaired) electrons. The Labute approximate surface area is 107 Å². The van der Waals surface area contributed by atoms with Gasteiger partial charge in [-0.1, -0.05) is 0 Å². The third kappa shape index (κ3) is 3.97. The molecule has 0 aliphatic carbocycles. The second-order valence-electron chi connectivity index (χ2n) is 4.65. The fraction of sp³-hybridized carbons (Fsp3) is 0.462. The molecule has 0 unspecified atom stereocenters. The van der Waals surface area contributed by atoms with Gasteiger partial charge in [-0.05, 0) is 50.8 Å². The molecular formula is C13H19NO2S. The van der Waals surface area contributed by atoms with E-state index in [2.05, 4.69) is 25.4 Å². The van der Waals surface area contributed by atoms with Crippen LogP contribution in [0.15, 0.2) is 18.2 Å². The highest BCUT2D eigenvalue weighted by molar-refractivity contribution is 7.99. The summed E-state index contributed by atoms with van der Waals surface area (Å²) < 4.78 is 0.166. The molecule has 17 heavy (non-hydrogen) atoms. The van der Waals surface area contributed by atoms with Crippen molar-refractivity contribution in [3.8, 4) is 0 Å². The highest BCUT2D eigenvalue weighted by Gasteiger charge is 2.15. The minimum atomic E-state index is -0.876. The summed E-state index contributed by atoms with van der Waals surface area (Å²) in [7, 11) is 0. The van der Waals surface area contributed by atoms with Crippen LogP contribution in [0.5, 0.6) is 0 Å². The summed E-state index contributed by atoms with van der Waals surface area (Å²) in [5, 5.41) is 12.3. The Morgan fingerprint density at radius 3 is 2.59 bits per heavy atom. The van der Waals surface area contributed by atoms with E-state index < -0.39 is 5.97 Å². The van der Waals surface area contributed by atoms with Crippen LogP contribution in [-0.2, 0) is 0 Å². The number of carbonyl (C=O) groups is 1. The molecule has 1 aromatic carbocycles. The number of hydrogen-bond acceptors (Lipinski definition) is 3. The van der Waals surface area contributed by atoms with Crippen LogP contribution in [-0.4, -0.2) is 28.6 Å². The van der Waals surface area contributed by atoms with Crippen LogP contribution in [0.4, 0.5) is 5.69 Å². The van der Waals surface area contributed by atoms with Gasteiger partial charge in [0.15, 0.2) is 0 Å². The first-order chi connectivity index (χ1) is 7.85. The molecule has 0 fully saturated rings. The SMILES string of the molecule is CSC(C)(C)CNc1ccc(C(=O)O)c(C)c1. The minimum Gasteiger partial charge on any atom is -0.478 e. The molecule has 2 N–H and O–H groups in total. The molecule has 0 heterocycles. The van der Waals surface area contributed by atoms with Crippen molar-refractivity contribution in [3.63, 3.8) is 0 Å². The van der Waals surface area contributed by atoms with Gasteiger partial charge >= 0.3 is 5.97 Å². The number of carboxylic acid groups (broad SMARTS) is 1. The molecule has 0 aliphatic rings. The van der Waals surface area contributed by atoms with E-state index in [4.69, 9.17) is 5.11 Å². The molecular weight excluding hydrogens is 234 g/mol. The van der Waals surface area contributed by atoms with Crippen LogP contribution >= 0.6 is 11.8 Å². The van der Waals surface area contributed by atoms with Crippen LogP contribution in [0.3, 0.4) is 0 Å². The standard InChI is InChI=1S/C13H19NO2S/c1-9-7-10(5-6-11(9)12(15)16)14-8-13(2,3)17-4/h5-7,14H,8H2,1-4H3,(H,15,16). The molecule has 0 aromatic heterocycles. The third-order valence-corrected chi connectivity index (χ3v) is 3.98. The van der Waals surface area contributed by atoms with Crippen molar-refractivity contribution in [1.82, 2.24) is 0 Å². The number of nitrogens with one attached hydrogen (secondary N) is 1. The summed E-state index contributed by atoms with van der Waals surface area (Å²) >= 11 is 1.80. The van der Waals surface area contributed by atoms with Crippen LogP contribution in [0, 0.1) is 6.92 Å². The predicted molar refractivity (Wildman–Crippen MR) is 74.2 cm³/mol. The van der Waals surface area contributed by atoms with Gasteiger partial charge in [-0.2, -0.15) is 11.8 Å². The average Bonchev–Trinajstić information content (AvgIpc) is 2.26. The Kier molecular flexibility index (Phi) is 4.46. The number of hydrogen-bond donors (Lipinski definition) is 2. The maximum absolute atomic E-state index is 10.9. The van der Waals surface area contributed by atoms with Gasteiger partial charge < -0.3 is 10.4 Å². The van der Waals surface area contributed by atoms with E-state index in [1.54, 1.807) is 17.8 Å². The molecule has 0 aliphatic heterocycles. The minimum absolute atomic E-state index is 0.166. The fourth-order valence-corrected chi connectivity index (χ4v) is 1.62. The van der Waals surface area contributed by atoms with Gasteiger partial charge in [-0.15, -0.1) is 0 Å². The van der Waals surface area contributed by atoms with Crippen molar-refractivity contribution < 1.29 is 9.90 Å². The van der Waals surface area contributed by atoms with Gasteiger partial charge in [0.2, 0.25) is 0 Å². The molecule has 1 rings (SSSR count). The zero-order chi connectivity index (χ0) is 13.1. The van der Waals surface area contributed by atoms with E-state index in [-0.39, 0.29) is 4.75 Å². The number of aryl methyl sites for hydroxylation is 1. The summed E-state index contributed by atoms with van der Waals surface area (Å²) in [6.45, 7) is 7.00. The van der Waals surface area contributed by atoms with Crippen molar-refractivity contribution in [2.75, 3.05) is 18.1 Å². The van der Waals surface area contributed by atoms with Crippen molar-refractivity contribution in [1.29, 1.82) is 0 Å². The molecule has 1 aromatic rings. The van der Waals surface area contributed by atoms with Crippen LogP contribution in [0.2, 0.25) is 0 Å². The highest BCUT2D eigenvalue weighted by atomic mass is 32.2. The molecule has 94 valence electrons. The molecule has 4 heteroatoms. The van der Waals surface area contributed by atoms with Crippen LogP contribution < -0.4 is 5.32 Å². The van der Waals surface area contributed by atoms with Crippen LogP contribution in [0.25, 0.3) is 0 Å². The first-order valence-electron chi connectivity index (χ1n) is 5.49. The molecule has 0 amide bonds. The van der Waals surface area contributed by atoms with Crippen molar-refractivity contribution in [2.24, 2.45) is 0 Å². The largest absolute Gasteiger partial charge is 0.478 e. The number of aromatic carboxylic acids is 1. The Balaban J connectivity index is 2.75. The third-order valence-electron chi connectivity index (χ3n) is 2.73. The normalized spacial score (nSPS) is 11.3. The van der Waals surface area contributed by atoms with Crippen LogP contribution in [0.1, 0.15) is 29.8 Å². The number of carboxylic acids is 1. The highest BCUT2D eigenvalue weighted by Crippen LogP contribution is 2.22. The smallest absolute Gasteiger partial charge is 0.335 e. The van der Waals surface area contributed by atoms with Gasteiger partial charge in [-0.3, -0.25) is 0 Å². The lowest BCUT2D eigenvalue weighted by Crippen LogP contribution is -2.25. The Bertz CT molecular complexity index is 416. The summed E-state index contributed by atoms with van der Waals surface area (Å²) in [4.78, 5) is 10.9. The summed E-state index contributed by atoms with van der Waals surface area (Å²) in [6, 6.07) is 5.33. The number of rotatable bonds is 5. The lowest BCUT2D eigenvalue weighted by atomic mass is 10.1. The maximum Gasteiger partial charge on any atom is 0.335 e. The number of benzene rings is 1. The number of anilines is 1. The van der Waals surface area contributed by atoms with E-state index >= 15 is 0 Å². The van der Waals surface area contributed by atoms with Gasteiger partial charge in [-0.25, -0.2) is 4.79 Å². The van der Waals surface area contributed by atoms with E-state index in [9.17, 15) is 4.79 Å². The predicted octanol–water partition coefficient (Wildman–Crippen LogP) is 3.25. The van der Waals surface area contributed by atoms with E-state index in [0.717, 1.165) is 17.8 Å². The average molecular weight is 253 g/mol. The Morgan fingerprint density at radius 1 is 1.47 bits per heavy atom. The molecule has 0 atom stereocenters. The molecule has 0 saturated heterocycles. The first kappa shape index (κ1) is 13.9. The second-order valence-corrected chi connectivity index (χ2v) is 6.17. The van der Waals surface area contributed by atoms with E-state index in [0.29, 0.717) is 5.56 Å². The van der Waals surface area contributed by atoms with Crippen molar-refractivity contribution in [3.05, 3.63) is 29.3 Å². The molecule has 3 nitrogen and oxygen atoms in total. The lowest BCUT2D eigenvalue weighted by molar-refractivity contribution is 0.0696. The maximum atomic E-state index is 10.9. The Morgan fingerprint density at radius 2 is 2.12 bits per heavy atom. The van der Waals surface area contributed by atoms with Gasteiger partial charge in [0, 0.05) is 17.0 Å². The van der Waals surface area contributed by atoms with Gasteiger partial charge in [0.05, 0.1) is 5.56 Å². The molecule has 0 bridgehead atoms. The van der Waals surface area contributed by atoms with Crippen molar-refractivity contribution >= 4 is 23.4 Å². The summed E-state index contributed by atoms with van der Waals surface area (Å²) in [5.74, 6) is -0.876. The lowest BCUT2D eigenvalue weighted by Gasteiger charge is -2.23.